The molecule has 3 N–H and O–H groups in total. The Labute approximate surface area is 193 Å². The van der Waals surface area contributed by atoms with Crippen LogP contribution in [0.2, 0.25) is 5.02 Å². The normalized spacial score (nSPS) is 14.1. The quantitative estimate of drug-likeness (QED) is 0.482. The summed E-state index contributed by atoms with van der Waals surface area (Å²) in [7, 11) is 1.73. The fraction of sp³-hybridized carbons (Fsp3) is 0.273. The van der Waals surface area contributed by atoms with Crippen molar-refractivity contribution in [3.63, 3.8) is 0 Å². The SMILES string of the molecule is Cn1ncc(Cl)c1-c1cc(NC(=O)Nc2ccc(F)cc2F)ccc1OCCN1CC(O)C1. The Morgan fingerprint density at radius 2 is 2.03 bits per heavy atom. The number of carbonyl (C=O) groups excluding carboxylic acids is 1. The van der Waals surface area contributed by atoms with Crippen LogP contribution in [0.25, 0.3) is 11.3 Å². The molecule has 2 heterocycles. The number of aromatic nitrogens is 2. The molecule has 0 bridgehead atoms. The zero-order valence-corrected chi connectivity index (χ0v) is 18.4. The van der Waals surface area contributed by atoms with Gasteiger partial charge in [-0.2, -0.15) is 5.10 Å². The molecule has 11 heteroatoms. The number of hydrogen-bond donors (Lipinski definition) is 3. The Balaban J connectivity index is 1.51. The number of urea groups is 1. The highest BCUT2D eigenvalue weighted by atomic mass is 35.5. The maximum absolute atomic E-state index is 13.8. The van der Waals surface area contributed by atoms with Crippen LogP contribution in [0, 0.1) is 11.6 Å². The lowest BCUT2D eigenvalue weighted by Crippen LogP contribution is -2.51. The van der Waals surface area contributed by atoms with Crippen LogP contribution in [0.3, 0.4) is 0 Å². The number of nitrogens with one attached hydrogen (secondary N) is 2. The Morgan fingerprint density at radius 1 is 1.24 bits per heavy atom. The number of aliphatic hydroxyl groups excluding tert-OH is 1. The lowest BCUT2D eigenvalue weighted by atomic mass is 10.1. The van der Waals surface area contributed by atoms with Gasteiger partial charge in [0.25, 0.3) is 0 Å². The van der Waals surface area contributed by atoms with Crippen molar-refractivity contribution in [3.8, 4) is 17.0 Å². The molecular formula is C22H22ClF2N5O3. The fourth-order valence-electron chi connectivity index (χ4n) is 3.52. The van der Waals surface area contributed by atoms with E-state index in [9.17, 15) is 18.7 Å². The number of halogens is 3. The zero-order valence-electron chi connectivity index (χ0n) is 17.7. The molecule has 1 aromatic heterocycles. The van der Waals surface area contributed by atoms with Crippen molar-refractivity contribution in [2.75, 3.05) is 36.9 Å². The van der Waals surface area contributed by atoms with Gasteiger partial charge in [0.05, 0.1) is 28.7 Å². The molecular weight excluding hydrogens is 456 g/mol. The summed E-state index contributed by atoms with van der Waals surface area (Å²) in [4.78, 5) is 14.4. The first-order valence-corrected chi connectivity index (χ1v) is 10.6. The van der Waals surface area contributed by atoms with Crippen molar-refractivity contribution < 1.29 is 23.4 Å². The topological polar surface area (TPSA) is 91.7 Å². The summed E-state index contributed by atoms with van der Waals surface area (Å²) < 4.78 is 34.5. The van der Waals surface area contributed by atoms with Crippen molar-refractivity contribution >= 4 is 29.0 Å². The highest BCUT2D eigenvalue weighted by molar-refractivity contribution is 6.33. The molecule has 1 aliphatic rings. The van der Waals surface area contributed by atoms with Gasteiger partial charge in [-0.25, -0.2) is 13.6 Å². The first-order valence-electron chi connectivity index (χ1n) is 10.2. The van der Waals surface area contributed by atoms with E-state index in [1.54, 1.807) is 29.9 Å². The minimum Gasteiger partial charge on any atom is -0.492 e. The Kier molecular flexibility index (Phi) is 6.77. The average Bonchev–Trinajstić information content (AvgIpc) is 3.07. The zero-order chi connectivity index (χ0) is 23.5. The van der Waals surface area contributed by atoms with E-state index >= 15 is 0 Å². The van der Waals surface area contributed by atoms with Crippen LogP contribution in [0.1, 0.15) is 0 Å². The molecule has 1 saturated heterocycles. The maximum Gasteiger partial charge on any atom is 0.323 e. The van der Waals surface area contributed by atoms with Crippen molar-refractivity contribution in [1.82, 2.24) is 14.7 Å². The van der Waals surface area contributed by atoms with Crippen LogP contribution in [-0.2, 0) is 7.05 Å². The Hall–Kier alpha value is -3.21. The Bertz CT molecular complexity index is 1150. The van der Waals surface area contributed by atoms with Gasteiger partial charge in [0.15, 0.2) is 0 Å². The van der Waals surface area contributed by atoms with Crippen LogP contribution in [0.5, 0.6) is 5.75 Å². The van der Waals surface area contributed by atoms with E-state index in [0.717, 1.165) is 12.1 Å². The molecule has 174 valence electrons. The third kappa shape index (κ3) is 5.41. The van der Waals surface area contributed by atoms with Gasteiger partial charge in [-0.3, -0.25) is 9.58 Å². The summed E-state index contributed by atoms with van der Waals surface area (Å²) in [5.74, 6) is -1.08. The largest absolute Gasteiger partial charge is 0.492 e. The highest BCUT2D eigenvalue weighted by Gasteiger charge is 2.24. The summed E-state index contributed by atoms with van der Waals surface area (Å²) in [6.45, 7) is 2.29. The molecule has 2 aromatic carbocycles. The van der Waals surface area contributed by atoms with Gasteiger partial charge >= 0.3 is 6.03 Å². The number of rotatable bonds is 7. The average molecular weight is 478 g/mol. The van der Waals surface area contributed by atoms with E-state index in [0.29, 0.717) is 60.0 Å². The molecule has 0 radical (unpaired) electrons. The first kappa shape index (κ1) is 23.0. The van der Waals surface area contributed by atoms with Crippen molar-refractivity contribution in [2.45, 2.75) is 6.10 Å². The fourth-order valence-corrected chi connectivity index (χ4v) is 3.79. The molecule has 8 nitrogen and oxygen atoms in total. The maximum atomic E-state index is 13.8. The van der Waals surface area contributed by atoms with Crippen LogP contribution in [0.4, 0.5) is 25.0 Å². The van der Waals surface area contributed by atoms with E-state index in [1.165, 1.54) is 6.20 Å². The van der Waals surface area contributed by atoms with Crippen LogP contribution < -0.4 is 15.4 Å². The second kappa shape index (κ2) is 9.74. The number of anilines is 2. The molecule has 33 heavy (non-hydrogen) atoms. The summed E-state index contributed by atoms with van der Waals surface area (Å²) >= 11 is 6.33. The number of hydrogen-bond acceptors (Lipinski definition) is 5. The number of β-amino-alcohol motifs (C(OH)–C–C–N with tert-alkyl or cyclic N) is 1. The number of aliphatic hydroxyl groups is 1. The number of carbonyl (C=O) groups is 1. The number of benzene rings is 2. The number of aryl methyl sites for hydroxylation is 1. The molecule has 3 aromatic rings. The van der Waals surface area contributed by atoms with Gasteiger partial charge in [-0.15, -0.1) is 0 Å². The molecule has 0 spiro atoms. The molecule has 0 unspecified atom stereocenters. The minimum absolute atomic E-state index is 0.153. The summed E-state index contributed by atoms with van der Waals surface area (Å²) in [6.07, 6.45) is 1.22. The number of nitrogens with zero attached hydrogens (tertiary/aromatic N) is 3. The first-order chi connectivity index (χ1) is 15.8. The lowest BCUT2D eigenvalue weighted by molar-refractivity contribution is -0.00384. The second-order valence-electron chi connectivity index (χ2n) is 7.64. The van der Waals surface area contributed by atoms with Gasteiger partial charge in [0.2, 0.25) is 0 Å². The second-order valence-corrected chi connectivity index (χ2v) is 8.05. The summed E-state index contributed by atoms with van der Waals surface area (Å²) in [5, 5.41) is 18.9. The molecule has 0 atom stereocenters. The van der Waals surface area contributed by atoms with Gasteiger partial charge in [-0.05, 0) is 30.3 Å². The van der Waals surface area contributed by atoms with Gasteiger partial charge in [0, 0.05) is 44.0 Å². The lowest BCUT2D eigenvalue weighted by Gasteiger charge is -2.35. The van der Waals surface area contributed by atoms with E-state index in [-0.39, 0.29) is 11.8 Å². The van der Waals surface area contributed by atoms with Crippen LogP contribution in [-0.4, -0.2) is 58.2 Å². The van der Waals surface area contributed by atoms with E-state index in [1.807, 2.05) is 0 Å². The molecule has 0 aliphatic carbocycles. The minimum atomic E-state index is -0.883. The van der Waals surface area contributed by atoms with Crippen LogP contribution in [0.15, 0.2) is 42.6 Å². The molecule has 1 fully saturated rings. The predicted molar refractivity (Wildman–Crippen MR) is 121 cm³/mol. The van der Waals surface area contributed by atoms with Crippen molar-refractivity contribution in [3.05, 3.63) is 59.3 Å². The third-order valence-corrected chi connectivity index (χ3v) is 5.45. The smallest absolute Gasteiger partial charge is 0.323 e. The molecule has 1 aliphatic heterocycles. The van der Waals surface area contributed by atoms with E-state index in [4.69, 9.17) is 16.3 Å². The number of ether oxygens (including phenoxy) is 1. The van der Waals surface area contributed by atoms with Crippen molar-refractivity contribution in [2.24, 2.45) is 7.05 Å². The molecule has 0 saturated carbocycles. The third-order valence-electron chi connectivity index (χ3n) is 5.17. The highest BCUT2D eigenvalue weighted by Crippen LogP contribution is 2.36. The van der Waals surface area contributed by atoms with Gasteiger partial charge in [0.1, 0.15) is 24.0 Å². The number of likely N-dealkylation sites (tertiary alicyclic amines) is 1. The molecule has 4 rings (SSSR count). The summed E-state index contributed by atoms with van der Waals surface area (Å²) in [6, 6.07) is 7.17. The summed E-state index contributed by atoms with van der Waals surface area (Å²) in [5.41, 5.74) is 1.45. The van der Waals surface area contributed by atoms with Crippen LogP contribution >= 0.6 is 11.6 Å². The predicted octanol–water partition coefficient (Wildman–Crippen LogP) is 3.72. The van der Waals surface area contributed by atoms with Gasteiger partial charge < -0.3 is 20.5 Å². The van der Waals surface area contributed by atoms with E-state index < -0.39 is 17.7 Å². The van der Waals surface area contributed by atoms with E-state index in [2.05, 4.69) is 20.6 Å². The number of amides is 2. The monoisotopic (exact) mass is 477 g/mol. The van der Waals surface area contributed by atoms with Crippen molar-refractivity contribution in [1.29, 1.82) is 0 Å². The van der Waals surface area contributed by atoms with Gasteiger partial charge in [-0.1, -0.05) is 11.6 Å². The molecule has 2 amide bonds. The standard InChI is InChI=1S/C22H22ClF2N5O3/c1-29-21(17(23)10-26-29)16-9-14(3-5-20(16)33-7-6-30-11-15(31)12-30)27-22(32)28-19-4-2-13(24)8-18(19)25/h2-5,8-10,15,31H,6-7,11-12H2,1H3,(H2,27,28,32). The Morgan fingerprint density at radius 3 is 2.70 bits per heavy atom.